The van der Waals surface area contributed by atoms with Crippen LogP contribution in [0.5, 0.6) is 5.75 Å². The normalized spacial score (nSPS) is 11.4. The molecule has 3 rings (SSSR count). The summed E-state index contributed by atoms with van der Waals surface area (Å²) < 4.78 is 5.23. The van der Waals surface area contributed by atoms with Crippen LogP contribution in [0.2, 0.25) is 0 Å². The van der Waals surface area contributed by atoms with E-state index in [0.29, 0.717) is 17.0 Å². The quantitative estimate of drug-likeness (QED) is 0.492. The van der Waals surface area contributed by atoms with E-state index in [1.807, 2.05) is 30.3 Å². The van der Waals surface area contributed by atoms with Crippen LogP contribution < -0.4 is 10.5 Å². The van der Waals surface area contributed by atoms with Crippen molar-refractivity contribution in [1.82, 2.24) is 9.88 Å². The highest BCUT2D eigenvalue weighted by molar-refractivity contribution is 5.96. The molecular formula is C25H25N3O5. The molecule has 170 valence electrons. The van der Waals surface area contributed by atoms with Crippen LogP contribution in [0.25, 0.3) is 11.3 Å². The number of nitrogens with two attached hydrogens (primary N) is 1. The zero-order valence-corrected chi connectivity index (χ0v) is 18.2. The SMILES string of the molecule is COc1cccc(CN(C(=O)c2ccc(-c3ccccc3)nc2)[C@@H](CCC(N)=O)C(=O)O)c1. The molecule has 0 aliphatic carbocycles. The first-order valence-electron chi connectivity index (χ1n) is 10.4. The minimum Gasteiger partial charge on any atom is -0.497 e. The number of aromatic nitrogens is 1. The minimum absolute atomic E-state index is 0.00615. The molecule has 2 aromatic carbocycles. The van der Waals surface area contributed by atoms with Gasteiger partial charge >= 0.3 is 5.97 Å². The summed E-state index contributed by atoms with van der Waals surface area (Å²) in [5, 5.41) is 9.84. The molecular weight excluding hydrogens is 422 g/mol. The third kappa shape index (κ3) is 6.16. The van der Waals surface area contributed by atoms with E-state index in [0.717, 1.165) is 5.56 Å². The lowest BCUT2D eigenvalue weighted by molar-refractivity contribution is -0.143. The van der Waals surface area contributed by atoms with E-state index in [2.05, 4.69) is 4.98 Å². The number of ether oxygens (including phenoxy) is 1. The lowest BCUT2D eigenvalue weighted by atomic mass is 10.1. The Morgan fingerprint density at radius 3 is 2.42 bits per heavy atom. The van der Waals surface area contributed by atoms with Crippen LogP contribution in [0.15, 0.2) is 72.9 Å². The second-order valence-electron chi connectivity index (χ2n) is 7.44. The Morgan fingerprint density at radius 2 is 1.82 bits per heavy atom. The van der Waals surface area contributed by atoms with Crippen LogP contribution in [0.1, 0.15) is 28.8 Å². The third-order valence-corrected chi connectivity index (χ3v) is 5.15. The summed E-state index contributed by atoms with van der Waals surface area (Å²) in [4.78, 5) is 42.4. The van der Waals surface area contributed by atoms with Gasteiger partial charge in [0.25, 0.3) is 5.91 Å². The number of rotatable bonds is 10. The zero-order valence-electron chi connectivity index (χ0n) is 18.2. The summed E-state index contributed by atoms with van der Waals surface area (Å²) in [6.07, 6.45) is 1.16. The van der Waals surface area contributed by atoms with Gasteiger partial charge in [-0.15, -0.1) is 0 Å². The minimum atomic E-state index is -1.25. The van der Waals surface area contributed by atoms with Crippen molar-refractivity contribution in [3.8, 4) is 17.0 Å². The number of hydrogen-bond donors (Lipinski definition) is 2. The van der Waals surface area contributed by atoms with Gasteiger partial charge in [-0.1, -0.05) is 42.5 Å². The number of carbonyl (C=O) groups is 3. The summed E-state index contributed by atoms with van der Waals surface area (Å²) in [5.74, 6) is -1.79. The monoisotopic (exact) mass is 447 g/mol. The number of carbonyl (C=O) groups excluding carboxylic acids is 2. The molecule has 8 nitrogen and oxygen atoms in total. The Kier molecular flexibility index (Phi) is 7.75. The first-order chi connectivity index (χ1) is 15.9. The highest BCUT2D eigenvalue weighted by Gasteiger charge is 2.31. The van der Waals surface area contributed by atoms with Crippen molar-refractivity contribution in [3.63, 3.8) is 0 Å². The molecule has 0 saturated heterocycles. The summed E-state index contributed by atoms with van der Waals surface area (Å²) >= 11 is 0. The van der Waals surface area contributed by atoms with E-state index in [4.69, 9.17) is 10.5 Å². The van der Waals surface area contributed by atoms with Gasteiger partial charge in [0.1, 0.15) is 11.8 Å². The van der Waals surface area contributed by atoms with Crippen molar-refractivity contribution in [2.75, 3.05) is 7.11 Å². The summed E-state index contributed by atoms with van der Waals surface area (Å²) in [5.41, 5.74) is 7.74. The maximum atomic E-state index is 13.4. The van der Waals surface area contributed by atoms with Gasteiger partial charge in [0.15, 0.2) is 0 Å². The molecule has 3 N–H and O–H groups in total. The highest BCUT2D eigenvalue weighted by atomic mass is 16.5. The molecule has 0 bridgehead atoms. The Balaban J connectivity index is 1.93. The van der Waals surface area contributed by atoms with Crippen molar-refractivity contribution in [1.29, 1.82) is 0 Å². The third-order valence-electron chi connectivity index (χ3n) is 5.15. The van der Waals surface area contributed by atoms with Gasteiger partial charge in [-0.25, -0.2) is 4.79 Å². The number of amides is 2. The Morgan fingerprint density at radius 1 is 1.06 bits per heavy atom. The molecule has 0 unspecified atom stereocenters. The van der Waals surface area contributed by atoms with Crippen LogP contribution >= 0.6 is 0 Å². The summed E-state index contributed by atoms with van der Waals surface area (Å²) in [7, 11) is 1.52. The van der Waals surface area contributed by atoms with Gasteiger partial charge in [-0.3, -0.25) is 14.6 Å². The van der Waals surface area contributed by atoms with E-state index in [9.17, 15) is 19.5 Å². The number of aliphatic carboxylic acids is 1. The molecule has 8 heteroatoms. The van der Waals surface area contributed by atoms with E-state index < -0.39 is 23.8 Å². The molecule has 1 heterocycles. The van der Waals surface area contributed by atoms with Crippen LogP contribution in [-0.2, 0) is 16.1 Å². The fourth-order valence-electron chi connectivity index (χ4n) is 3.45. The number of nitrogens with zero attached hydrogens (tertiary/aromatic N) is 2. The first-order valence-corrected chi connectivity index (χ1v) is 10.4. The van der Waals surface area contributed by atoms with E-state index >= 15 is 0 Å². The zero-order chi connectivity index (χ0) is 23.8. The summed E-state index contributed by atoms with van der Waals surface area (Å²) in [6, 6.07) is 18.6. The predicted octanol–water partition coefficient (Wildman–Crippen LogP) is 3.12. The number of carboxylic acids is 1. The fourth-order valence-corrected chi connectivity index (χ4v) is 3.45. The van der Waals surface area contributed by atoms with Crippen molar-refractivity contribution in [2.24, 2.45) is 5.73 Å². The van der Waals surface area contributed by atoms with Gasteiger partial charge in [-0.2, -0.15) is 0 Å². The summed E-state index contributed by atoms with van der Waals surface area (Å²) in [6.45, 7) is 0.00615. The maximum Gasteiger partial charge on any atom is 0.326 e. The molecule has 1 aromatic heterocycles. The van der Waals surface area contributed by atoms with Crippen molar-refractivity contribution < 1.29 is 24.2 Å². The van der Waals surface area contributed by atoms with Gasteiger partial charge in [0.2, 0.25) is 5.91 Å². The lowest BCUT2D eigenvalue weighted by Gasteiger charge is -2.29. The molecule has 0 aliphatic heterocycles. The first kappa shape index (κ1) is 23.5. The number of carboxylic acid groups (broad SMARTS) is 1. The van der Waals surface area contributed by atoms with Crippen molar-refractivity contribution in [2.45, 2.75) is 25.4 Å². The second-order valence-corrected chi connectivity index (χ2v) is 7.44. The molecule has 3 aromatic rings. The number of primary amides is 1. The van der Waals surface area contributed by atoms with Crippen LogP contribution in [0.3, 0.4) is 0 Å². The van der Waals surface area contributed by atoms with Crippen molar-refractivity contribution in [3.05, 3.63) is 84.1 Å². The largest absolute Gasteiger partial charge is 0.497 e. The topological polar surface area (TPSA) is 123 Å². The van der Waals surface area contributed by atoms with Gasteiger partial charge < -0.3 is 20.5 Å². The Labute approximate surface area is 191 Å². The average molecular weight is 447 g/mol. The van der Waals surface area contributed by atoms with Gasteiger partial charge in [0.05, 0.1) is 18.4 Å². The molecule has 0 aliphatic rings. The number of benzene rings is 2. The second kappa shape index (κ2) is 10.9. The molecule has 0 saturated carbocycles. The fraction of sp³-hybridized carbons (Fsp3) is 0.200. The number of pyridine rings is 1. The van der Waals surface area contributed by atoms with Crippen LogP contribution in [0, 0.1) is 0 Å². The van der Waals surface area contributed by atoms with Crippen molar-refractivity contribution >= 4 is 17.8 Å². The van der Waals surface area contributed by atoms with Gasteiger partial charge in [-0.05, 0) is 36.2 Å². The molecule has 1 atom stereocenters. The van der Waals surface area contributed by atoms with E-state index in [1.54, 1.807) is 36.4 Å². The Hall–Kier alpha value is -4.20. The van der Waals surface area contributed by atoms with Crippen LogP contribution in [0.4, 0.5) is 0 Å². The number of hydrogen-bond acceptors (Lipinski definition) is 5. The predicted molar refractivity (Wildman–Crippen MR) is 122 cm³/mol. The average Bonchev–Trinajstić information content (AvgIpc) is 2.83. The lowest BCUT2D eigenvalue weighted by Crippen LogP contribution is -2.45. The number of methoxy groups -OCH3 is 1. The highest BCUT2D eigenvalue weighted by Crippen LogP contribution is 2.21. The van der Waals surface area contributed by atoms with Crippen LogP contribution in [-0.4, -0.2) is 45.9 Å². The molecule has 2 amide bonds. The molecule has 0 spiro atoms. The smallest absolute Gasteiger partial charge is 0.326 e. The standard InChI is InChI=1S/C25H25N3O5/c1-33-20-9-5-6-17(14-20)16-28(22(25(31)32)12-13-23(26)29)24(30)19-10-11-21(27-15-19)18-7-3-2-4-8-18/h2-11,14-15,22H,12-13,16H2,1H3,(H2,26,29)(H,31,32)/t22-/m0/s1. The molecule has 33 heavy (non-hydrogen) atoms. The molecule has 0 fully saturated rings. The van der Waals surface area contributed by atoms with E-state index in [-0.39, 0.29) is 24.9 Å². The van der Waals surface area contributed by atoms with Gasteiger partial charge in [0, 0.05) is 24.7 Å². The maximum absolute atomic E-state index is 13.4. The van der Waals surface area contributed by atoms with E-state index in [1.165, 1.54) is 18.2 Å². The molecule has 0 radical (unpaired) electrons. The Bertz CT molecular complexity index is 1120.